The Labute approximate surface area is 242 Å². The first kappa shape index (κ1) is 27.8. The average molecular weight is 573 g/mol. The van der Waals surface area contributed by atoms with Crippen molar-refractivity contribution in [3.05, 3.63) is 96.0 Å². The van der Waals surface area contributed by atoms with Crippen LogP contribution in [0.5, 0.6) is 5.75 Å². The van der Waals surface area contributed by atoms with Gasteiger partial charge in [0.2, 0.25) is 5.91 Å². The number of amides is 1. The molecule has 3 heterocycles. The standard InChI is InChI=1S/C30H28N4O6S/c1-37-17-26(35)32-22-16-20(11-12-24(22)38-2)34-28(27(33-30(34)41)21-6-4-5-15-31-21)25-14-13-23(40-25)18-7-9-19(10-8-18)29(36)39-3/h4-16,27-28H,17H2,1-3H3,(H,32,35)(H,33,41)/t27-,28-/m1/s1. The number of thiocarbonyl (C=S) groups is 1. The van der Waals surface area contributed by atoms with Gasteiger partial charge in [-0.15, -0.1) is 0 Å². The van der Waals surface area contributed by atoms with Crippen molar-refractivity contribution in [2.45, 2.75) is 12.1 Å². The first-order chi connectivity index (χ1) is 19.9. The quantitative estimate of drug-likeness (QED) is 0.212. The molecule has 2 aromatic heterocycles. The number of aromatic nitrogens is 1. The van der Waals surface area contributed by atoms with Gasteiger partial charge in [-0.25, -0.2) is 4.79 Å². The summed E-state index contributed by atoms with van der Waals surface area (Å²) in [6.45, 7) is -0.1000. The highest BCUT2D eigenvalue weighted by Crippen LogP contribution is 2.44. The molecule has 4 aromatic rings. The molecule has 0 bridgehead atoms. The maximum atomic E-state index is 12.3. The Hall–Kier alpha value is -4.74. The number of carbonyl (C=O) groups excluding carboxylic acids is 2. The number of anilines is 2. The molecule has 1 amide bonds. The molecule has 10 nitrogen and oxygen atoms in total. The van der Waals surface area contributed by atoms with E-state index >= 15 is 0 Å². The van der Waals surface area contributed by atoms with Gasteiger partial charge in [0.1, 0.15) is 29.9 Å². The van der Waals surface area contributed by atoms with E-state index in [2.05, 4.69) is 15.6 Å². The second-order valence-electron chi connectivity index (χ2n) is 9.13. The molecule has 11 heteroatoms. The van der Waals surface area contributed by atoms with Gasteiger partial charge >= 0.3 is 5.97 Å². The summed E-state index contributed by atoms with van der Waals surface area (Å²) in [5.41, 5.74) is 3.21. The SMILES string of the molecule is COCC(=O)Nc1cc(N2C(=S)N[C@H](c3ccccn3)[C@H]2c2ccc(-c3ccc(C(=O)OC)cc3)o2)ccc1OC. The largest absolute Gasteiger partial charge is 0.495 e. The van der Waals surface area contributed by atoms with Crippen LogP contribution in [0.2, 0.25) is 0 Å². The Morgan fingerprint density at radius 3 is 2.54 bits per heavy atom. The number of rotatable bonds is 9. The van der Waals surface area contributed by atoms with E-state index < -0.39 is 12.0 Å². The normalized spacial score (nSPS) is 16.3. The molecule has 0 spiro atoms. The molecule has 1 saturated heterocycles. The van der Waals surface area contributed by atoms with Crippen LogP contribution in [-0.2, 0) is 14.3 Å². The van der Waals surface area contributed by atoms with E-state index in [-0.39, 0.29) is 18.6 Å². The Kier molecular flexibility index (Phi) is 8.27. The predicted octanol–water partition coefficient (Wildman–Crippen LogP) is 4.90. The number of esters is 1. The zero-order valence-corrected chi connectivity index (χ0v) is 23.4. The molecule has 210 valence electrons. The summed E-state index contributed by atoms with van der Waals surface area (Å²) in [4.78, 5) is 30.7. The van der Waals surface area contributed by atoms with E-state index in [4.69, 9.17) is 30.8 Å². The molecule has 1 aliphatic rings. The summed E-state index contributed by atoms with van der Waals surface area (Å²) in [5, 5.41) is 6.69. The lowest BCUT2D eigenvalue weighted by atomic mass is 10.0. The Balaban J connectivity index is 1.55. The predicted molar refractivity (Wildman–Crippen MR) is 157 cm³/mol. The highest BCUT2D eigenvalue weighted by atomic mass is 32.1. The molecule has 0 radical (unpaired) electrons. The number of nitrogens with zero attached hydrogens (tertiary/aromatic N) is 2. The highest BCUT2D eigenvalue weighted by Gasteiger charge is 2.42. The van der Waals surface area contributed by atoms with Crippen molar-refractivity contribution in [2.24, 2.45) is 0 Å². The van der Waals surface area contributed by atoms with Crippen molar-refractivity contribution in [1.82, 2.24) is 10.3 Å². The van der Waals surface area contributed by atoms with Gasteiger partial charge in [-0.2, -0.15) is 0 Å². The number of methoxy groups -OCH3 is 3. The van der Waals surface area contributed by atoms with E-state index in [1.54, 1.807) is 42.6 Å². The first-order valence-corrected chi connectivity index (χ1v) is 13.1. The molecule has 41 heavy (non-hydrogen) atoms. The first-order valence-electron chi connectivity index (χ1n) is 12.7. The molecular formula is C30H28N4O6S. The van der Waals surface area contributed by atoms with Crippen LogP contribution in [0.3, 0.4) is 0 Å². The fourth-order valence-corrected chi connectivity index (χ4v) is 5.08. The number of benzene rings is 2. The van der Waals surface area contributed by atoms with Gasteiger partial charge in [0, 0.05) is 24.6 Å². The number of nitrogens with one attached hydrogen (secondary N) is 2. The number of carbonyl (C=O) groups is 2. The lowest BCUT2D eigenvalue weighted by Crippen LogP contribution is -2.29. The van der Waals surface area contributed by atoms with Gasteiger partial charge in [-0.05, 0) is 66.8 Å². The van der Waals surface area contributed by atoms with Gasteiger partial charge in [0.15, 0.2) is 5.11 Å². The summed E-state index contributed by atoms with van der Waals surface area (Å²) in [6.07, 6.45) is 1.73. The fourth-order valence-electron chi connectivity index (χ4n) is 4.74. The molecule has 1 aliphatic heterocycles. The third-order valence-corrected chi connectivity index (χ3v) is 6.93. The van der Waals surface area contributed by atoms with Crippen molar-refractivity contribution in [3.63, 3.8) is 0 Å². The van der Waals surface area contributed by atoms with Crippen LogP contribution in [0.1, 0.15) is 33.9 Å². The molecule has 5 rings (SSSR count). The van der Waals surface area contributed by atoms with Crippen molar-refractivity contribution in [1.29, 1.82) is 0 Å². The number of pyridine rings is 1. The molecule has 2 N–H and O–H groups in total. The van der Waals surface area contributed by atoms with Crippen LogP contribution in [0, 0.1) is 0 Å². The number of furan rings is 1. The van der Waals surface area contributed by atoms with E-state index in [1.807, 2.05) is 41.3 Å². The molecule has 0 unspecified atom stereocenters. The summed E-state index contributed by atoms with van der Waals surface area (Å²) in [6, 6.07) is 21.1. The minimum Gasteiger partial charge on any atom is -0.495 e. The molecule has 2 aromatic carbocycles. The smallest absolute Gasteiger partial charge is 0.337 e. The molecule has 0 saturated carbocycles. The second-order valence-corrected chi connectivity index (χ2v) is 9.52. The summed E-state index contributed by atoms with van der Waals surface area (Å²) < 4.78 is 21.6. The zero-order valence-electron chi connectivity index (χ0n) is 22.6. The van der Waals surface area contributed by atoms with Crippen LogP contribution in [-0.4, -0.2) is 49.9 Å². The van der Waals surface area contributed by atoms with Gasteiger partial charge in [-0.1, -0.05) is 18.2 Å². The minimum absolute atomic E-state index is 0.1000. The van der Waals surface area contributed by atoms with E-state index in [9.17, 15) is 9.59 Å². The lowest BCUT2D eigenvalue weighted by molar-refractivity contribution is -0.119. The number of hydrogen-bond acceptors (Lipinski definition) is 8. The van der Waals surface area contributed by atoms with E-state index in [0.717, 1.165) is 11.3 Å². The third-order valence-electron chi connectivity index (χ3n) is 6.62. The van der Waals surface area contributed by atoms with Crippen LogP contribution in [0.25, 0.3) is 11.3 Å². The summed E-state index contributed by atoms with van der Waals surface area (Å²) in [7, 11) is 4.33. The van der Waals surface area contributed by atoms with Crippen molar-refractivity contribution >= 4 is 40.6 Å². The van der Waals surface area contributed by atoms with Crippen LogP contribution in [0.15, 0.2) is 83.4 Å². The Morgan fingerprint density at radius 1 is 1.05 bits per heavy atom. The van der Waals surface area contributed by atoms with Gasteiger partial charge in [-0.3, -0.25) is 9.78 Å². The maximum absolute atomic E-state index is 12.3. The number of hydrogen-bond donors (Lipinski definition) is 2. The Morgan fingerprint density at radius 2 is 1.85 bits per heavy atom. The van der Waals surface area contributed by atoms with Gasteiger partial charge < -0.3 is 34.2 Å². The topological polar surface area (TPSA) is 115 Å². The molecule has 2 atom stereocenters. The van der Waals surface area contributed by atoms with Gasteiger partial charge in [0.25, 0.3) is 0 Å². The van der Waals surface area contributed by atoms with Crippen molar-refractivity contribution < 1.29 is 28.2 Å². The number of ether oxygens (including phenoxy) is 3. The van der Waals surface area contributed by atoms with Crippen LogP contribution in [0.4, 0.5) is 11.4 Å². The second kappa shape index (κ2) is 12.2. The fraction of sp³-hybridized carbons (Fsp3) is 0.200. The zero-order chi connectivity index (χ0) is 28.9. The van der Waals surface area contributed by atoms with Crippen molar-refractivity contribution in [2.75, 3.05) is 38.2 Å². The van der Waals surface area contributed by atoms with Crippen LogP contribution < -0.4 is 20.3 Å². The van der Waals surface area contributed by atoms with Gasteiger partial charge in [0.05, 0.1) is 37.2 Å². The Bertz CT molecular complexity index is 1560. The lowest BCUT2D eigenvalue weighted by Gasteiger charge is -2.27. The monoisotopic (exact) mass is 572 g/mol. The van der Waals surface area contributed by atoms with E-state index in [1.165, 1.54) is 21.3 Å². The average Bonchev–Trinajstić information content (AvgIpc) is 3.62. The molecular weight excluding hydrogens is 544 g/mol. The highest BCUT2D eigenvalue weighted by molar-refractivity contribution is 7.80. The maximum Gasteiger partial charge on any atom is 0.337 e. The summed E-state index contributed by atoms with van der Waals surface area (Å²) >= 11 is 5.82. The van der Waals surface area contributed by atoms with E-state index in [0.29, 0.717) is 39.3 Å². The van der Waals surface area contributed by atoms with Crippen molar-refractivity contribution in [3.8, 4) is 17.1 Å². The molecule has 0 aliphatic carbocycles. The van der Waals surface area contributed by atoms with Crippen LogP contribution >= 0.6 is 12.2 Å². The molecule has 1 fully saturated rings. The third kappa shape index (κ3) is 5.76. The minimum atomic E-state index is -0.420. The summed E-state index contributed by atoms with van der Waals surface area (Å²) in [5.74, 6) is 1.03.